The number of nitrogens with zero attached hydrogens (tertiary/aromatic N) is 2. The van der Waals surface area contributed by atoms with Crippen LogP contribution in [0, 0.1) is 6.92 Å². The van der Waals surface area contributed by atoms with Crippen molar-refractivity contribution in [2.75, 3.05) is 0 Å². The largest absolute Gasteiger partial charge is 0.387 e. The highest BCUT2D eigenvalue weighted by atomic mass is 32.1. The van der Waals surface area contributed by atoms with E-state index in [1.807, 2.05) is 24.6 Å². The first-order valence-corrected chi connectivity index (χ1v) is 5.61. The predicted octanol–water partition coefficient (Wildman–Crippen LogP) is 2.57. The quantitative estimate of drug-likeness (QED) is 0.846. The maximum Gasteiger partial charge on any atom is 0.124 e. The molecule has 0 amide bonds. The number of rotatable bonds is 2. The first kappa shape index (κ1) is 10.3. The van der Waals surface area contributed by atoms with E-state index >= 15 is 0 Å². The molecule has 0 bridgehead atoms. The molecule has 0 fully saturated rings. The Balaban J connectivity index is 2.42. The lowest BCUT2D eigenvalue weighted by Crippen LogP contribution is -1.91. The smallest absolute Gasteiger partial charge is 0.124 e. The molecule has 15 heavy (non-hydrogen) atoms. The molecular formula is C11H12N2OS. The van der Waals surface area contributed by atoms with E-state index in [9.17, 15) is 5.11 Å². The van der Waals surface area contributed by atoms with Crippen molar-refractivity contribution in [2.24, 2.45) is 0 Å². The lowest BCUT2D eigenvalue weighted by atomic mass is 10.2. The van der Waals surface area contributed by atoms with Crippen LogP contribution in [0.3, 0.4) is 0 Å². The van der Waals surface area contributed by atoms with Crippen molar-refractivity contribution in [3.63, 3.8) is 0 Å². The van der Waals surface area contributed by atoms with Crippen molar-refractivity contribution in [3.8, 4) is 10.6 Å². The van der Waals surface area contributed by atoms with Gasteiger partial charge < -0.3 is 5.11 Å². The first-order chi connectivity index (χ1) is 7.18. The Morgan fingerprint density at radius 1 is 1.47 bits per heavy atom. The number of pyridine rings is 1. The van der Waals surface area contributed by atoms with Crippen LogP contribution in [0.15, 0.2) is 23.8 Å². The summed E-state index contributed by atoms with van der Waals surface area (Å²) in [5.41, 5.74) is 2.91. The SMILES string of the molecule is Cc1cnccc1-c1nc(C(C)O)cs1. The summed E-state index contributed by atoms with van der Waals surface area (Å²) in [5, 5.41) is 12.2. The number of aliphatic hydroxyl groups is 1. The Morgan fingerprint density at radius 2 is 2.27 bits per heavy atom. The zero-order valence-electron chi connectivity index (χ0n) is 8.64. The maximum atomic E-state index is 9.39. The minimum Gasteiger partial charge on any atom is -0.387 e. The van der Waals surface area contributed by atoms with Crippen molar-refractivity contribution >= 4 is 11.3 Å². The average molecular weight is 220 g/mol. The summed E-state index contributed by atoms with van der Waals surface area (Å²) in [6.07, 6.45) is 3.07. The molecule has 1 unspecified atom stereocenters. The maximum absolute atomic E-state index is 9.39. The van der Waals surface area contributed by atoms with Gasteiger partial charge in [0.05, 0.1) is 11.8 Å². The van der Waals surface area contributed by atoms with Gasteiger partial charge in [0.25, 0.3) is 0 Å². The molecule has 0 aliphatic carbocycles. The van der Waals surface area contributed by atoms with Gasteiger partial charge in [0.1, 0.15) is 5.01 Å². The molecule has 4 heteroatoms. The van der Waals surface area contributed by atoms with Crippen LogP contribution in [0.25, 0.3) is 10.6 Å². The normalized spacial score (nSPS) is 12.7. The van der Waals surface area contributed by atoms with Crippen LogP contribution in [0.5, 0.6) is 0 Å². The van der Waals surface area contributed by atoms with Gasteiger partial charge >= 0.3 is 0 Å². The van der Waals surface area contributed by atoms with Gasteiger partial charge in [0.15, 0.2) is 0 Å². The minimum absolute atomic E-state index is 0.503. The molecule has 0 aliphatic heterocycles. The summed E-state index contributed by atoms with van der Waals surface area (Å²) in [6.45, 7) is 3.73. The standard InChI is InChI=1S/C11H12N2OS/c1-7-5-12-4-3-9(7)11-13-10(6-15-11)8(2)14/h3-6,8,14H,1-2H3. The van der Waals surface area contributed by atoms with E-state index in [1.165, 1.54) is 0 Å². The summed E-state index contributed by atoms with van der Waals surface area (Å²) in [7, 11) is 0. The molecule has 0 spiro atoms. The molecule has 0 saturated heterocycles. The Morgan fingerprint density at radius 3 is 2.87 bits per heavy atom. The Hall–Kier alpha value is -1.26. The fourth-order valence-electron chi connectivity index (χ4n) is 1.32. The number of thiazole rings is 1. The summed E-state index contributed by atoms with van der Waals surface area (Å²) in [5.74, 6) is 0. The van der Waals surface area contributed by atoms with Crippen LogP contribution in [0.2, 0.25) is 0 Å². The Labute approximate surface area is 92.5 Å². The first-order valence-electron chi connectivity index (χ1n) is 4.73. The molecule has 3 nitrogen and oxygen atoms in total. The van der Waals surface area contributed by atoms with Crippen molar-refractivity contribution in [1.29, 1.82) is 0 Å². The Bertz CT molecular complexity index is 465. The van der Waals surface area contributed by atoms with Gasteiger partial charge in [-0.15, -0.1) is 11.3 Å². The molecule has 0 radical (unpaired) electrons. The number of hydrogen-bond donors (Lipinski definition) is 1. The number of hydrogen-bond acceptors (Lipinski definition) is 4. The van der Waals surface area contributed by atoms with E-state index in [-0.39, 0.29) is 0 Å². The van der Waals surface area contributed by atoms with Crippen molar-refractivity contribution in [2.45, 2.75) is 20.0 Å². The van der Waals surface area contributed by atoms with Gasteiger partial charge in [-0.1, -0.05) is 0 Å². The zero-order chi connectivity index (χ0) is 10.8. The molecule has 1 atom stereocenters. The van der Waals surface area contributed by atoms with E-state index in [4.69, 9.17) is 0 Å². The van der Waals surface area contributed by atoms with Crippen molar-refractivity contribution in [1.82, 2.24) is 9.97 Å². The summed E-state index contributed by atoms with van der Waals surface area (Å²) >= 11 is 1.55. The fraction of sp³-hybridized carbons (Fsp3) is 0.273. The lowest BCUT2D eigenvalue weighted by Gasteiger charge is -2.00. The minimum atomic E-state index is -0.503. The summed E-state index contributed by atoms with van der Waals surface area (Å²) < 4.78 is 0. The molecule has 2 aromatic rings. The highest BCUT2D eigenvalue weighted by molar-refractivity contribution is 7.13. The van der Waals surface area contributed by atoms with E-state index in [0.29, 0.717) is 0 Å². The number of aromatic nitrogens is 2. The monoisotopic (exact) mass is 220 g/mol. The topological polar surface area (TPSA) is 46.0 Å². The van der Waals surface area contributed by atoms with E-state index in [1.54, 1.807) is 24.5 Å². The number of aryl methyl sites for hydroxylation is 1. The second-order valence-electron chi connectivity index (χ2n) is 3.44. The third-order valence-electron chi connectivity index (χ3n) is 2.20. The molecule has 2 rings (SSSR count). The summed E-state index contributed by atoms with van der Waals surface area (Å²) in [6, 6.07) is 1.94. The van der Waals surface area contributed by atoms with Gasteiger partial charge in [-0.25, -0.2) is 4.98 Å². The highest BCUT2D eigenvalue weighted by Crippen LogP contribution is 2.27. The third-order valence-corrected chi connectivity index (χ3v) is 3.09. The number of aliphatic hydroxyl groups excluding tert-OH is 1. The fourth-order valence-corrected chi connectivity index (χ4v) is 2.31. The van der Waals surface area contributed by atoms with Crippen LogP contribution >= 0.6 is 11.3 Å². The van der Waals surface area contributed by atoms with E-state index in [2.05, 4.69) is 9.97 Å². The molecule has 78 valence electrons. The average Bonchev–Trinajstić information content (AvgIpc) is 2.67. The van der Waals surface area contributed by atoms with Crippen molar-refractivity contribution in [3.05, 3.63) is 35.1 Å². The molecule has 2 aromatic heterocycles. The van der Waals surface area contributed by atoms with Gasteiger partial charge in [0, 0.05) is 23.3 Å². The third kappa shape index (κ3) is 2.06. The van der Waals surface area contributed by atoms with Crippen molar-refractivity contribution < 1.29 is 5.11 Å². The van der Waals surface area contributed by atoms with Crippen LogP contribution in [-0.2, 0) is 0 Å². The van der Waals surface area contributed by atoms with Gasteiger partial charge in [-0.3, -0.25) is 4.98 Å². The molecular weight excluding hydrogens is 208 g/mol. The second-order valence-corrected chi connectivity index (χ2v) is 4.30. The highest BCUT2D eigenvalue weighted by Gasteiger charge is 2.09. The molecule has 0 saturated carbocycles. The van der Waals surface area contributed by atoms with Gasteiger partial charge in [-0.05, 0) is 25.5 Å². The van der Waals surface area contributed by atoms with Crippen LogP contribution in [-0.4, -0.2) is 15.1 Å². The van der Waals surface area contributed by atoms with Gasteiger partial charge in [0.2, 0.25) is 0 Å². The zero-order valence-corrected chi connectivity index (χ0v) is 9.45. The van der Waals surface area contributed by atoms with E-state index < -0.39 is 6.10 Å². The Kier molecular flexibility index (Phi) is 2.79. The lowest BCUT2D eigenvalue weighted by molar-refractivity contribution is 0.195. The van der Waals surface area contributed by atoms with Crippen LogP contribution < -0.4 is 0 Å². The summed E-state index contributed by atoms with van der Waals surface area (Å²) in [4.78, 5) is 8.42. The predicted molar refractivity (Wildman–Crippen MR) is 60.7 cm³/mol. The molecule has 1 N–H and O–H groups in total. The molecule has 0 aromatic carbocycles. The van der Waals surface area contributed by atoms with Gasteiger partial charge in [-0.2, -0.15) is 0 Å². The second kappa shape index (κ2) is 4.08. The van der Waals surface area contributed by atoms with Crippen LogP contribution in [0.1, 0.15) is 24.3 Å². The van der Waals surface area contributed by atoms with E-state index in [0.717, 1.165) is 21.8 Å². The molecule has 2 heterocycles. The molecule has 0 aliphatic rings. The van der Waals surface area contributed by atoms with Crippen LogP contribution in [0.4, 0.5) is 0 Å².